The number of piperazine rings is 1. The van der Waals surface area contributed by atoms with Crippen molar-refractivity contribution in [2.75, 3.05) is 49.1 Å². The number of hydrogen-bond donors (Lipinski definition) is 1. The number of rotatable bonds is 3. The molecular formula is C22H32FN5. The van der Waals surface area contributed by atoms with Gasteiger partial charge < -0.3 is 15.1 Å². The number of nitrogens with zero attached hydrogens (tertiary/aromatic N) is 4. The van der Waals surface area contributed by atoms with Gasteiger partial charge in [-0.2, -0.15) is 0 Å². The molecule has 5 nitrogen and oxygen atoms in total. The molecule has 28 heavy (non-hydrogen) atoms. The summed E-state index contributed by atoms with van der Waals surface area (Å²) >= 11 is 0. The minimum Gasteiger partial charge on any atom is -0.368 e. The fourth-order valence-electron chi connectivity index (χ4n) is 6.71. The lowest BCUT2D eigenvalue weighted by molar-refractivity contribution is 0.0250. The van der Waals surface area contributed by atoms with Gasteiger partial charge >= 0.3 is 0 Å². The molecule has 2 unspecified atom stereocenters. The summed E-state index contributed by atoms with van der Waals surface area (Å²) in [6.07, 6.45) is 8.22. The van der Waals surface area contributed by atoms with Crippen molar-refractivity contribution in [3.8, 4) is 0 Å². The molecule has 1 aliphatic carbocycles. The third kappa shape index (κ3) is 2.67. The Morgan fingerprint density at radius 2 is 1.75 bits per heavy atom. The van der Waals surface area contributed by atoms with Crippen molar-refractivity contribution in [3.63, 3.8) is 0 Å². The van der Waals surface area contributed by atoms with E-state index in [2.05, 4.69) is 37.1 Å². The second kappa shape index (κ2) is 6.56. The Kier molecular flexibility index (Phi) is 4.09. The molecule has 1 N–H and O–H groups in total. The molecule has 0 amide bonds. The highest BCUT2D eigenvalue weighted by Gasteiger charge is 2.60. The molecule has 6 rings (SSSR count). The van der Waals surface area contributed by atoms with Gasteiger partial charge in [-0.05, 0) is 57.7 Å². The third-order valence-electron chi connectivity index (χ3n) is 8.17. The quantitative estimate of drug-likeness (QED) is 0.865. The van der Waals surface area contributed by atoms with E-state index in [9.17, 15) is 4.39 Å². The lowest BCUT2D eigenvalue weighted by atomic mass is 9.73. The summed E-state index contributed by atoms with van der Waals surface area (Å²) in [5.41, 5.74) is 1.12. The number of likely N-dealkylation sites (tertiary alicyclic amines) is 1. The average molecular weight is 386 g/mol. The predicted octanol–water partition coefficient (Wildman–Crippen LogP) is 2.42. The number of aromatic nitrogens is 1. The lowest BCUT2D eigenvalue weighted by Gasteiger charge is -2.54. The molecule has 5 heterocycles. The van der Waals surface area contributed by atoms with E-state index < -0.39 is 6.17 Å². The fraction of sp³-hybridized carbons (Fsp3) is 0.773. The second-order valence-corrected chi connectivity index (χ2v) is 9.81. The van der Waals surface area contributed by atoms with E-state index in [0.717, 1.165) is 57.9 Å². The molecule has 5 fully saturated rings. The highest BCUT2D eigenvalue weighted by Crippen LogP contribution is 2.51. The molecule has 1 aromatic heterocycles. The van der Waals surface area contributed by atoms with Gasteiger partial charge in [-0.15, -0.1) is 0 Å². The van der Waals surface area contributed by atoms with Gasteiger partial charge in [0, 0.05) is 62.3 Å². The van der Waals surface area contributed by atoms with Crippen LogP contribution in [-0.2, 0) is 0 Å². The van der Waals surface area contributed by atoms with Crippen LogP contribution in [0.4, 0.5) is 15.9 Å². The van der Waals surface area contributed by atoms with E-state index in [1.165, 1.54) is 31.4 Å². The van der Waals surface area contributed by atoms with E-state index in [-0.39, 0.29) is 5.41 Å². The van der Waals surface area contributed by atoms with Gasteiger partial charge in [0.2, 0.25) is 0 Å². The molecule has 4 aliphatic heterocycles. The highest BCUT2D eigenvalue weighted by molar-refractivity contribution is 5.57. The number of hydrogen-bond acceptors (Lipinski definition) is 5. The van der Waals surface area contributed by atoms with Crippen molar-refractivity contribution in [1.82, 2.24) is 15.2 Å². The first-order valence-corrected chi connectivity index (χ1v) is 11.3. The molecule has 5 aliphatic rings. The number of fused-ring (bicyclic) bond motifs is 2. The van der Waals surface area contributed by atoms with Crippen molar-refractivity contribution in [2.24, 2.45) is 5.41 Å². The summed E-state index contributed by atoms with van der Waals surface area (Å²) in [7, 11) is 0. The Balaban J connectivity index is 1.18. The molecule has 4 saturated heterocycles. The number of halogens is 1. The number of anilines is 2. The van der Waals surface area contributed by atoms with Gasteiger partial charge in [-0.25, -0.2) is 9.37 Å². The van der Waals surface area contributed by atoms with Crippen LogP contribution in [0.1, 0.15) is 38.5 Å². The van der Waals surface area contributed by atoms with Crippen LogP contribution in [0.5, 0.6) is 0 Å². The summed E-state index contributed by atoms with van der Waals surface area (Å²) in [5.74, 6) is 1.04. The summed E-state index contributed by atoms with van der Waals surface area (Å²) in [6, 6.07) is 6.09. The molecule has 2 bridgehead atoms. The van der Waals surface area contributed by atoms with Crippen molar-refractivity contribution in [1.29, 1.82) is 0 Å². The molecule has 1 spiro atoms. The summed E-state index contributed by atoms with van der Waals surface area (Å²) in [4.78, 5) is 12.1. The van der Waals surface area contributed by atoms with E-state index in [4.69, 9.17) is 0 Å². The van der Waals surface area contributed by atoms with Crippen molar-refractivity contribution in [3.05, 3.63) is 18.3 Å². The average Bonchev–Trinajstić information content (AvgIpc) is 3.39. The van der Waals surface area contributed by atoms with Crippen LogP contribution < -0.4 is 15.1 Å². The maximum atomic E-state index is 15.0. The van der Waals surface area contributed by atoms with E-state index in [1.807, 2.05) is 6.20 Å². The highest BCUT2D eigenvalue weighted by atomic mass is 19.1. The van der Waals surface area contributed by atoms with Gasteiger partial charge in [0.15, 0.2) is 0 Å². The lowest BCUT2D eigenvalue weighted by Crippen LogP contribution is -2.66. The monoisotopic (exact) mass is 385 g/mol. The van der Waals surface area contributed by atoms with Crippen LogP contribution in [0.25, 0.3) is 0 Å². The van der Waals surface area contributed by atoms with Crippen LogP contribution >= 0.6 is 0 Å². The molecule has 152 valence electrons. The number of nitrogens with one attached hydrogen (secondary N) is 1. The minimum atomic E-state index is -0.652. The van der Waals surface area contributed by atoms with Crippen LogP contribution in [-0.4, -0.2) is 73.4 Å². The normalized spacial score (nSPS) is 37.0. The summed E-state index contributed by atoms with van der Waals surface area (Å²) in [6.45, 7) is 6.18. The maximum Gasteiger partial charge on any atom is 0.130 e. The Morgan fingerprint density at radius 1 is 1.00 bits per heavy atom. The largest absolute Gasteiger partial charge is 0.368 e. The molecule has 0 radical (unpaired) electrons. The van der Waals surface area contributed by atoms with Crippen molar-refractivity contribution >= 4 is 11.5 Å². The van der Waals surface area contributed by atoms with Gasteiger partial charge in [0.25, 0.3) is 0 Å². The number of alkyl halides is 1. The first-order valence-electron chi connectivity index (χ1n) is 11.3. The van der Waals surface area contributed by atoms with Crippen molar-refractivity contribution < 1.29 is 4.39 Å². The minimum absolute atomic E-state index is 0.157. The predicted molar refractivity (Wildman–Crippen MR) is 110 cm³/mol. The zero-order valence-corrected chi connectivity index (χ0v) is 16.7. The van der Waals surface area contributed by atoms with Gasteiger partial charge in [-0.3, -0.25) is 4.90 Å². The Morgan fingerprint density at radius 3 is 2.50 bits per heavy atom. The van der Waals surface area contributed by atoms with Gasteiger partial charge in [0.05, 0.1) is 5.41 Å². The van der Waals surface area contributed by atoms with E-state index in [0.29, 0.717) is 18.1 Å². The first kappa shape index (κ1) is 17.5. The SMILES string of the molecule is FC1CCC(N2CCCC2)C12CN(c1cc(N3C[C@H]4CC[C@@H](C3)N4)ccn1)C2. The Bertz CT molecular complexity index is 717. The summed E-state index contributed by atoms with van der Waals surface area (Å²) < 4.78 is 15.0. The van der Waals surface area contributed by atoms with Crippen LogP contribution in [0.2, 0.25) is 0 Å². The van der Waals surface area contributed by atoms with Crippen LogP contribution in [0, 0.1) is 5.41 Å². The zero-order valence-electron chi connectivity index (χ0n) is 16.7. The molecule has 1 saturated carbocycles. The zero-order chi connectivity index (χ0) is 18.7. The second-order valence-electron chi connectivity index (χ2n) is 9.81. The van der Waals surface area contributed by atoms with Crippen LogP contribution in [0.3, 0.4) is 0 Å². The standard InChI is InChI=1S/C22H32FN5/c23-19-5-6-20(26-9-1-2-10-26)22(19)14-28(15-22)21-11-18(7-8-24-21)27-12-16-3-4-17(13-27)25-16/h7-8,11,16-17,19-20,25H,1-6,9-10,12-15H2/t16-,17+,19?,20?. The topological polar surface area (TPSA) is 34.6 Å². The van der Waals surface area contributed by atoms with Gasteiger partial charge in [-0.1, -0.05) is 0 Å². The Labute approximate surface area is 167 Å². The molecule has 6 heteroatoms. The first-order chi connectivity index (χ1) is 13.7. The fourth-order valence-corrected chi connectivity index (χ4v) is 6.71. The van der Waals surface area contributed by atoms with E-state index >= 15 is 0 Å². The molecular weight excluding hydrogens is 353 g/mol. The Hall–Kier alpha value is -1.40. The smallest absolute Gasteiger partial charge is 0.130 e. The van der Waals surface area contributed by atoms with E-state index in [1.54, 1.807) is 0 Å². The van der Waals surface area contributed by atoms with Crippen molar-refractivity contribution in [2.45, 2.75) is 62.8 Å². The summed E-state index contributed by atoms with van der Waals surface area (Å²) in [5, 5.41) is 3.71. The number of pyridine rings is 1. The third-order valence-corrected chi connectivity index (χ3v) is 8.17. The maximum absolute atomic E-state index is 15.0. The van der Waals surface area contributed by atoms with Crippen LogP contribution in [0.15, 0.2) is 18.3 Å². The molecule has 4 atom stereocenters. The van der Waals surface area contributed by atoms with Gasteiger partial charge in [0.1, 0.15) is 12.0 Å². The molecule has 0 aromatic carbocycles. The molecule has 1 aromatic rings.